The van der Waals surface area contributed by atoms with Crippen LogP contribution >= 0.6 is 0 Å². The summed E-state index contributed by atoms with van der Waals surface area (Å²) in [6.07, 6.45) is 1.68. The molecule has 0 fully saturated rings. The first kappa shape index (κ1) is 8.11. The van der Waals surface area contributed by atoms with E-state index in [0.29, 0.717) is 0 Å². The van der Waals surface area contributed by atoms with Crippen LogP contribution in [0.25, 0.3) is 17.0 Å². The van der Waals surface area contributed by atoms with Crippen molar-refractivity contribution in [2.75, 3.05) is 0 Å². The maximum atomic E-state index is 5.59. The van der Waals surface area contributed by atoms with E-state index in [1.54, 1.807) is 6.08 Å². The van der Waals surface area contributed by atoms with Gasteiger partial charge >= 0.3 is 0 Å². The summed E-state index contributed by atoms with van der Waals surface area (Å²) in [5.74, 6) is 0. The second-order valence-corrected chi connectivity index (χ2v) is 3.24. The smallest absolute Gasteiger partial charge is 0.0486 e. The first-order valence-corrected chi connectivity index (χ1v) is 4.34. The third kappa shape index (κ3) is 1.00. The predicted octanol–water partition coefficient (Wildman–Crippen LogP) is 2.93. The lowest BCUT2D eigenvalue weighted by Crippen LogP contribution is -1.89. The van der Waals surface area contributed by atoms with Crippen molar-refractivity contribution in [3.8, 4) is 0 Å². The van der Waals surface area contributed by atoms with Gasteiger partial charge in [-0.15, -0.1) is 0 Å². The molecule has 1 nitrogen and oxygen atoms in total. The average molecular weight is 170 g/mol. The van der Waals surface area contributed by atoms with E-state index in [4.69, 9.17) is 6.58 Å². The molecular weight excluding hydrogens is 158 g/mol. The zero-order chi connectivity index (χ0) is 9.42. The van der Waals surface area contributed by atoms with E-state index in [0.717, 1.165) is 5.56 Å². The Bertz CT molecular complexity index is 463. The summed E-state index contributed by atoms with van der Waals surface area (Å²) in [6, 6.07) is 8.28. The molecule has 0 aliphatic carbocycles. The summed E-state index contributed by atoms with van der Waals surface area (Å²) in [4.78, 5) is 0. The molecule has 0 bridgehead atoms. The van der Waals surface area contributed by atoms with E-state index in [1.807, 2.05) is 12.1 Å². The number of hydrogen-bond acceptors (Lipinski definition) is 0. The fourth-order valence-corrected chi connectivity index (χ4v) is 1.76. The van der Waals surface area contributed by atoms with Crippen LogP contribution in [-0.2, 0) is 7.05 Å². The fourth-order valence-electron chi connectivity index (χ4n) is 1.76. The maximum absolute atomic E-state index is 5.59. The summed E-state index contributed by atoms with van der Waals surface area (Å²) < 4.78 is 2.16. The van der Waals surface area contributed by atoms with Crippen molar-refractivity contribution in [1.29, 1.82) is 0 Å². The van der Waals surface area contributed by atoms with Crippen LogP contribution in [0.2, 0.25) is 0 Å². The monoisotopic (exact) mass is 170 g/mol. The molecule has 1 heterocycles. The Kier molecular flexibility index (Phi) is 1.73. The molecular formula is C12H12N. The molecule has 0 N–H and O–H groups in total. The van der Waals surface area contributed by atoms with Crippen molar-refractivity contribution < 1.29 is 0 Å². The third-order valence-corrected chi connectivity index (χ3v) is 2.62. The molecule has 0 saturated heterocycles. The van der Waals surface area contributed by atoms with E-state index in [-0.39, 0.29) is 0 Å². The van der Waals surface area contributed by atoms with Gasteiger partial charge in [0.05, 0.1) is 0 Å². The number of aromatic nitrogens is 1. The van der Waals surface area contributed by atoms with E-state index in [2.05, 4.69) is 30.7 Å². The number of aryl methyl sites for hydroxylation is 1. The summed E-state index contributed by atoms with van der Waals surface area (Å²) in [5, 5.41) is 1.23. The van der Waals surface area contributed by atoms with Crippen LogP contribution in [0.5, 0.6) is 0 Å². The molecule has 0 saturated carbocycles. The first-order valence-electron chi connectivity index (χ1n) is 4.34. The molecule has 1 aromatic carbocycles. The predicted molar refractivity (Wildman–Crippen MR) is 56.4 cm³/mol. The summed E-state index contributed by atoms with van der Waals surface area (Å²) in [6.45, 7) is 7.67. The van der Waals surface area contributed by atoms with E-state index >= 15 is 0 Å². The maximum Gasteiger partial charge on any atom is 0.0486 e. The lowest BCUT2D eigenvalue weighted by atomic mass is 10.1. The normalized spacial score (nSPS) is 10.6. The van der Waals surface area contributed by atoms with Crippen molar-refractivity contribution in [2.24, 2.45) is 7.05 Å². The molecule has 2 aromatic rings. The number of nitrogens with zero attached hydrogens (tertiary/aromatic N) is 1. The highest BCUT2D eigenvalue weighted by atomic mass is 14.9. The summed E-state index contributed by atoms with van der Waals surface area (Å²) >= 11 is 0. The lowest BCUT2D eigenvalue weighted by Gasteiger charge is -1.96. The molecule has 1 heteroatoms. The van der Waals surface area contributed by atoms with Crippen LogP contribution in [0.15, 0.2) is 24.3 Å². The van der Waals surface area contributed by atoms with E-state index < -0.39 is 0 Å². The van der Waals surface area contributed by atoms with Gasteiger partial charge in [0.25, 0.3) is 0 Å². The molecule has 0 atom stereocenters. The lowest BCUT2D eigenvalue weighted by molar-refractivity contribution is 0.916. The zero-order valence-corrected chi connectivity index (χ0v) is 7.91. The fraction of sp³-hybridized carbons (Fsp3) is 0.167. The first-order chi connectivity index (χ1) is 6.25. The quantitative estimate of drug-likeness (QED) is 0.620. The molecule has 65 valence electrons. The molecule has 1 aromatic heterocycles. The highest BCUT2D eigenvalue weighted by Crippen LogP contribution is 2.24. The molecule has 0 aliphatic rings. The minimum Gasteiger partial charge on any atom is -0.347 e. The van der Waals surface area contributed by atoms with Crippen LogP contribution < -0.4 is 0 Å². The Morgan fingerprint density at radius 3 is 2.69 bits per heavy atom. The van der Waals surface area contributed by atoms with Crippen molar-refractivity contribution in [2.45, 2.75) is 6.92 Å². The number of benzene rings is 1. The minimum atomic E-state index is 1.14. The van der Waals surface area contributed by atoms with Crippen LogP contribution in [0.3, 0.4) is 0 Å². The zero-order valence-electron chi connectivity index (χ0n) is 7.91. The molecule has 2 rings (SSSR count). The Balaban J connectivity index is 2.98. The second-order valence-electron chi connectivity index (χ2n) is 3.24. The van der Waals surface area contributed by atoms with Crippen LogP contribution in [0, 0.1) is 13.5 Å². The second kappa shape index (κ2) is 2.77. The van der Waals surface area contributed by atoms with Crippen LogP contribution in [0.1, 0.15) is 11.3 Å². The summed E-state index contributed by atoms with van der Waals surface area (Å²) in [5.41, 5.74) is 3.58. The van der Waals surface area contributed by atoms with E-state index in [9.17, 15) is 0 Å². The van der Waals surface area contributed by atoms with Crippen LogP contribution in [-0.4, -0.2) is 4.57 Å². The van der Waals surface area contributed by atoms with Gasteiger partial charge in [-0.25, -0.2) is 0 Å². The van der Waals surface area contributed by atoms with Crippen molar-refractivity contribution >= 4 is 17.0 Å². The molecule has 0 aliphatic heterocycles. The molecule has 0 spiro atoms. The summed E-state index contributed by atoms with van der Waals surface area (Å²) in [7, 11) is 2.06. The Morgan fingerprint density at radius 2 is 2.00 bits per heavy atom. The van der Waals surface area contributed by atoms with Crippen molar-refractivity contribution in [1.82, 2.24) is 4.57 Å². The van der Waals surface area contributed by atoms with Crippen LogP contribution in [0.4, 0.5) is 0 Å². The van der Waals surface area contributed by atoms with Gasteiger partial charge in [-0.2, -0.15) is 0 Å². The number of rotatable bonds is 1. The number of hydrogen-bond donors (Lipinski definition) is 0. The average Bonchev–Trinajstić information content (AvgIpc) is 2.41. The topological polar surface area (TPSA) is 4.93 Å². The van der Waals surface area contributed by atoms with Gasteiger partial charge in [0.1, 0.15) is 0 Å². The van der Waals surface area contributed by atoms with Gasteiger partial charge in [-0.3, -0.25) is 0 Å². The minimum absolute atomic E-state index is 1.14. The van der Waals surface area contributed by atoms with Gasteiger partial charge in [0.2, 0.25) is 0 Å². The highest BCUT2D eigenvalue weighted by molar-refractivity contribution is 5.90. The highest BCUT2D eigenvalue weighted by Gasteiger charge is 2.07. The van der Waals surface area contributed by atoms with E-state index in [1.165, 1.54) is 16.6 Å². The Labute approximate surface area is 78.3 Å². The van der Waals surface area contributed by atoms with Crippen molar-refractivity contribution in [3.05, 3.63) is 42.1 Å². The SMILES string of the molecule is [CH]=Cc1c(C)n(C)c2ccccc12. The van der Waals surface area contributed by atoms with Gasteiger partial charge in [-0.05, 0) is 13.0 Å². The van der Waals surface area contributed by atoms with Gasteiger partial charge in [-0.1, -0.05) is 30.9 Å². The molecule has 1 radical (unpaired) electrons. The molecule has 0 amide bonds. The van der Waals surface area contributed by atoms with Gasteiger partial charge in [0, 0.05) is 29.2 Å². The van der Waals surface area contributed by atoms with Crippen molar-refractivity contribution in [3.63, 3.8) is 0 Å². The standard InChI is InChI=1S/C12H12N/c1-4-10-9(2)13(3)12-8-6-5-7-11(10)12/h1,4-8H,2-3H3. The number of para-hydroxylation sites is 1. The largest absolute Gasteiger partial charge is 0.347 e. The number of fused-ring (bicyclic) bond motifs is 1. The molecule has 13 heavy (non-hydrogen) atoms. The third-order valence-electron chi connectivity index (χ3n) is 2.62. The van der Waals surface area contributed by atoms with Gasteiger partial charge in [0.15, 0.2) is 0 Å². The Hall–Kier alpha value is -1.50. The molecule has 0 unspecified atom stereocenters. The van der Waals surface area contributed by atoms with Gasteiger partial charge < -0.3 is 4.57 Å². The Morgan fingerprint density at radius 1 is 1.31 bits per heavy atom.